The van der Waals surface area contributed by atoms with Crippen molar-refractivity contribution in [3.63, 3.8) is 0 Å². The highest BCUT2D eigenvalue weighted by atomic mass is 19.1. The molecule has 0 radical (unpaired) electrons. The highest BCUT2D eigenvalue weighted by molar-refractivity contribution is 5.66. The van der Waals surface area contributed by atoms with Crippen LogP contribution in [0.25, 0.3) is 11.1 Å². The summed E-state index contributed by atoms with van der Waals surface area (Å²) >= 11 is 0. The Labute approximate surface area is 119 Å². The summed E-state index contributed by atoms with van der Waals surface area (Å²) in [7, 11) is 0. The van der Waals surface area contributed by atoms with Crippen molar-refractivity contribution in [1.29, 1.82) is 0 Å². The van der Waals surface area contributed by atoms with Crippen LogP contribution >= 0.6 is 0 Å². The zero-order chi connectivity index (χ0) is 14.4. The molecule has 0 spiro atoms. The molecule has 0 amide bonds. The van der Waals surface area contributed by atoms with E-state index < -0.39 is 0 Å². The Balaban J connectivity index is 2.32. The van der Waals surface area contributed by atoms with Crippen LogP contribution in [0, 0.1) is 5.82 Å². The van der Waals surface area contributed by atoms with Gasteiger partial charge >= 0.3 is 0 Å². The van der Waals surface area contributed by atoms with E-state index in [4.69, 9.17) is 4.74 Å². The quantitative estimate of drug-likeness (QED) is 0.859. The normalized spacial score (nSPS) is 10.6. The van der Waals surface area contributed by atoms with Crippen molar-refractivity contribution in [2.24, 2.45) is 0 Å². The molecule has 2 aromatic rings. The number of hydrogen-bond acceptors (Lipinski definition) is 2. The van der Waals surface area contributed by atoms with Crippen molar-refractivity contribution in [1.82, 2.24) is 5.32 Å². The number of hydrogen-bond donors (Lipinski definition) is 1. The molecule has 2 nitrogen and oxygen atoms in total. The summed E-state index contributed by atoms with van der Waals surface area (Å²) in [5.74, 6) is 0.556. The fraction of sp³-hybridized carbons (Fsp3) is 0.294. The molecule has 3 heteroatoms. The average Bonchev–Trinajstić information content (AvgIpc) is 2.47. The number of nitrogens with one attached hydrogen (secondary N) is 1. The Bertz CT molecular complexity index is 569. The van der Waals surface area contributed by atoms with E-state index >= 15 is 0 Å². The second-order valence-corrected chi connectivity index (χ2v) is 4.56. The molecule has 0 heterocycles. The predicted molar refractivity (Wildman–Crippen MR) is 80.4 cm³/mol. The van der Waals surface area contributed by atoms with Crippen LogP contribution in [-0.4, -0.2) is 13.2 Å². The van der Waals surface area contributed by atoms with Crippen LogP contribution in [0.3, 0.4) is 0 Å². The van der Waals surface area contributed by atoms with Crippen LogP contribution in [0.2, 0.25) is 0 Å². The topological polar surface area (TPSA) is 21.3 Å². The molecule has 0 bridgehead atoms. The first kappa shape index (κ1) is 14.5. The fourth-order valence-corrected chi connectivity index (χ4v) is 2.09. The third-order valence-corrected chi connectivity index (χ3v) is 3.07. The third kappa shape index (κ3) is 3.58. The minimum atomic E-state index is -0.209. The van der Waals surface area contributed by atoms with Gasteiger partial charge in [0.05, 0.1) is 6.61 Å². The first-order chi connectivity index (χ1) is 9.74. The average molecular weight is 273 g/mol. The molecule has 0 aliphatic carbocycles. The lowest BCUT2D eigenvalue weighted by atomic mass is 10.0. The van der Waals surface area contributed by atoms with Crippen molar-refractivity contribution in [2.75, 3.05) is 13.2 Å². The van der Waals surface area contributed by atoms with Crippen molar-refractivity contribution in [2.45, 2.75) is 20.4 Å². The molecule has 106 valence electrons. The molecule has 0 fully saturated rings. The van der Waals surface area contributed by atoms with Crippen molar-refractivity contribution < 1.29 is 9.13 Å². The Kier molecular flexibility index (Phi) is 5.13. The number of ether oxygens (including phenoxy) is 1. The van der Waals surface area contributed by atoms with Gasteiger partial charge in [-0.05, 0) is 48.9 Å². The zero-order valence-electron chi connectivity index (χ0n) is 11.9. The van der Waals surface area contributed by atoms with Gasteiger partial charge in [0.1, 0.15) is 11.6 Å². The smallest absolute Gasteiger partial charge is 0.131 e. The van der Waals surface area contributed by atoms with E-state index in [2.05, 4.69) is 12.2 Å². The van der Waals surface area contributed by atoms with Crippen molar-refractivity contribution in [3.05, 3.63) is 53.8 Å². The van der Waals surface area contributed by atoms with Crippen LogP contribution in [-0.2, 0) is 6.54 Å². The molecular weight excluding hydrogens is 253 g/mol. The molecule has 2 aromatic carbocycles. The van der Waals surface area contributed by atoms with Gasteiger partial charge < -0.3 is 10.1 Å². The second kappa shape index (κ2) is 7.06. The Morgan fingerprint density at radius 2 is 1.95 bits per heavy atom. The minimum Gasteiger partial charge on any atom is -0.494 e. The van der Waals surface area contributed by atoms with Gasteiger partial charge in [-0.25, -0.2) is 4.39 Å². The maximum Gasteiger partial charge on any atom is 0.131 e. The summed E-state index contributed by atoms with van der Waals surface area (Å²) in [6.07, 6.45) is 0. The molecule has 0 saturated heterocycles. The number of benzene rings is 2. The summed E-state index contributed by atoms with van der Waals surface area (Å²) in [5.41, 5.74) is 2.53. The standard InChI is InChI=1S/C17H20FNO/c1-3-19-12-13-8-9-17(18)16(10-13)14-6-5-7-15(11-14)20-4-2/h5-11,19H,3-4,12H2,1-2H3. The van der Waals surface area contributed by atoms with E-state index in [1.807, 2.05) is 43.3 Å². The first-order valence-electron chi connectivity index (χ1n) is 6.97. The summed E-state index contributed by atoms with van der Waals surface area (Å²) in [6.45, 7) is 6.23. The van der Waals surface area contributed by atoms with Gasteiger partial charge in [-0.2, -0.15) is 0 Å². The van der Waals surface area contributed by atoms with Gasteiger partial charge in [0.15, 0.2) is 0 Å². The van der Waals surface area contributed by atoms with Crippen molar-refractivity contribution >= 4 is 0 Å². The largest absolute Gasteiger partial charge is 0.494 e. The highest BCUT2D eigenvalue weighted by Gasteiger charge is 2.07. The summed E-state index contributed by atoms with van der Waals surface area (Å²) in [6, 6.07) is 12.8. The van der Waals surface area contributed by atoms with Crippen LogP contribution in [0.1, 0.15) is 19.4 Å². The lowest BCUT2D eigenvalue weighted by Crippen LogP contribution is -2.11. The molecule has 0 aliphatic heterocycles. The van der Waals surface area contributed by atoms with E-state index in [0.717, 1.165) is 30.0 Å². The predicted octanol–water partition coefficient (Wildman–Crippen LogP) is 4.00. The Morgan fingerprint density at radius 3 is 2.70 bits per heavy atom. The number of rotatable bonds is 6. The maximum atomic E-state index is 14.0. The fourth-order valence-electron chi connectivity index (χ4n) is 2.09. The maximum absolute atomic E-state index is 14.0. The van der Waals surface area contributed by atoms with E-state index in [-0.39, 0.29) is 5.82 Å². The lowest BCUT2D eigenvalue weighted by molar-refractivity contribution is 0.340. The highest BCUT2D eigenvalue weighted by Crippen LogP contribution is 2.27. The van der Waals surface area contributed by atoms with Gasteiger partial charge in [-0.3, -0.25) is 0 Å². The van der Waals surface area contributed by atoms with Crippen molar-refractivity contribution in [3.8, 4) is 16.9 Å². The monoisotopic (exact) mass is 273 g/mol. The molecule has 0 saturated carbocycles. The summed E-state index contributed by atoms with van der Waals surface area (Å²) < 4.78 is 19.5. The van der Waals surface area contributed by atoms with Gasteiger partial charge in [0.25, 0.3) is 0 Å². The van der Waals surface area contributed by atoms with E-state index in [1.165, 1.54) is 6.07 Å². The summed E-state index contributed by atoms with van der Waals surface area (Å²) in [5, 5.41) is 3.25. The lowest BCUT2D eigenvalue weighted by Gasteiger charge is -2.09. The van der Waals surface area contributed by atoms with Gasteiger partial charge in [0, 0.05) is 12.1 Å². The van der Waals surface area contributed by atoms with E-state index in [1.54, 1.807) is 0 Å². The van der Waals surface area contributed by atoms with Crippen LogP contribution in [0.4, 0.5) is 4.39 Å². The van der Waals surface area contributed by atoms with Crippen LogP contribution in [0.5, 0.6) is 5.75 Å². The van der Waals surface area contributed by atoms with Gasteiger partial charge in [0.2, 0.25) is 0 Å². The van der Waals surface area contributed by atoms with Crippen LogP contribution < -0.4 is 10.1 Å². The van der Waals surface area contributed by atoms with Gasteiger partial charge in [-0.1, -0.05) is 25.1 Å². The molecule has 20 heavy (non-hydrogen) atoms. The second-order valence-electron chi connectivity index (χ2n) is 4.56. The third-order valence-electron chi connectivity index (χ3n) is 3.07. The van der Waals surface area contributed by atoms with E-state index in [9.17, 15) is 4.39 Å². The zero-order valence-corrected chi connectivity index (χ0v) is 11.9. The SMILES string of the molecule is CCNCc1ccc(F)c(-c2cccc(OCC)c2)c1. The number of halogens is 1. The summed E-state index contributed by atoms with van der Waals surface area (Å²) in [4.78, 5) is 0. The minimum absolute atomic E-state index is 0.209. The van der Waals surface area contributed by atoms with E-state index in [0.29, 0.717) is 12.2 Å². The van der Waals surface area contributed by atoms with Gasteiger partial charge in [-0.15, -0.1) is 0 Å². The molecule has 0 aliphatic rings. The first-order valence-corrected chi connectivity index (χ1v) is 6.97. The molecule has 0 atom stereocenters. The van der Waals surface area contributed by atoms with Crippen LogP contribution in [0.15, 0.2) is 42.5 Å². The molecule has 0 aromatic heterocycles. The Morgan fingerprint density at radius 1 is 1.10 bits per heavy atom. The Hall–Kier alpha value is -1.87. The molecular formula is C17H20FNO. The molecule has 0 unspecified atom stereocenters. The molecule has 2 rings (SSSR count). The molecule has 1 N–H and O–H groups in total.